The van der Waals surface area contributed by atoms with Crippen molar-refractivity contribution in [2.75, 3.05) is 0 Å². The maximum Gasteiger partial charge on any atom is 0.237 e. The molecule has 2 unspecified atom stereocenters. The molecular weight excluding hydrogens is 328 g/mol. The largest absolute Gasteiger partial charge is 0.343 e. The SMILES string of the molecule is CC(N)C(=O)NC(c1ccc2c(c1)CCCC2)c1cccs1.Cl. The van der Waals surface area contributed by atoms with Crippen molar-refractivity contribution < 1.29 is 4.79 Å². The van der Waals surface area contributed by atoms with E-state index in [2.05, 4.69) is 29.6 Å². The number of thiophene rings is 1. The number of halogens is 1. The highest BCUT2D eigenvalue weighted by molar-refractivity contribution is 7.10. The monoisotopic (exact) mass is 350 g/mol. The molecule has 1 amide bonds. The van der Waals surface area contributed by atoms with Crippen molar-refractivity contribution in [2.24, 2.45) is 5.73 Å². The van der Waals surface area contributed by atoms with Gasteiger partial charge in [-0.05, 0) is 60.7 Å². The third-order valence-corrected chi connectivity index (χ3v) is 5.17. The summed E-state index contributed by atoms with van der Waals surface area (Å²) in [5, 5.41) is 5.13. The molecule has 3 nitrogen and oxygen atoms in total. The van der Waals surface area contributed by atoms with Crippen LogP contribution in [0.5, 0.6) is 0 Å². The van der Waals surface area contributed by atoms with Gasteiger partial charge in [0.1, 0.15) is 0 Å². The predicted molar refractivity (Wildman–Crippen MR) is 98.3 cm³/mol. The summed E-state index contributed by atoms with van der Waals surface area (Å²) in [5.41, 5.74) is 9.76. The number of benzene rings is 1. The van der Waals surface area contributed by atoms with Crippen molar-refractivity contribution in [1.82, 2.24) is 5.32 Å². The van der Waals surface area contributed by atoms with E-state index in [9.17, 15) is 4.79 Å². The summed E-state index contributed by atoms with van der Waals surface area (Å²) in [5.74, 6) is -0.115. The second-order valence-electron chi connectivity index (χ2n) is 5.98. The molecule has 1 aromatic heterocycles. The zero-order valence-corrected chi connectivity index (χ0v) is 14.9. The highest BCUT2D eigenvalue weighted by Crippen LogP contribution is 2.30. The average Bonchev–Trinajstić information content (AvgIpc) is 3.06. The molecule has 23 heavy (non-hydrogen) atoms. The highest BCUT2D eigenvalue weighted by atomic mass is 35.5. The van der Waals surface area contributed by atoms with Gasteiger partial charge in [0.2, 0.25) is 5.91 Å². The van der Waals surface area contributed by atoms with Crippen LogP contribution in [0.15, 0.2) is 35.7 Å². The van der Waals surface area contributed by atoms with Crippen molar-refractivity contribution >= 4 is 29.7 Å². The third-order valence-electron chi connectivity index (χ3n) is 4.23. The van der Waals surface area contributed by atoms with Crippen LogP contribution >= 0.6 is 23.7 Å². The van der Waals surface area contributed by atoms with Crippen molar-refractivity contribution in [3.8, 4) is 0 Å². The summed E-state index contributed by atoms with van der Waals surface area (Å²) in [6.07, 6.45) is 4.85. The number of hydrogen-bond acceptors (Lipinski definition) is 3. The van der Waals surface area contributed by atoms with E-state index in [0.717, 1.165) is 16.9 Å². The van der Waals surface area contributed by atoms with Gasteiger partial charge in [0.05, 0.1) is 12.1 Å². The summed E-state index contributed by atoms with van der Waals surface area (Å²) >= 11 is 1.66. The molecule has 3 N–H and O–H groups in total. The summed E-state index contributed by atoms with van der Waals surface area (Å²) in [6.45, 7) is 1.72. The maximum atomic E-state index is 12.1. The van der Waals surface area contributed by atoms with E-state index in [-0.39, 0.29) is 24.4 Å². The Morgan fingerprint density at radius 2 is 1.96 bits per heavy atom. The first-order chi connectivity index (χ1) is 10.6. The lowest BCUT2D eigenvalue weighted by molar-refractivity contribution is -0.122. The Labute approximate surface area is 147 Å². The summed E-state index contributed by atoms with van der Waals surface area (Å²) in [7, 11) is 0. The van der Waals surface area contributed by atoms with Crippen LogP contribution < -0.4 is 11.1 Å². The summed E-state index contributed by atoms with van der Waals surface area (Å²) in [6, 6.07) is 10.1. The number of carbonyl (C=O) groups excluding carboxylic acids is 1. The number of nitrogens with one attached hydrogen (secondary N) is 1. The van der Waals surface area contributed by atoms with Gasteiger partial charge in [-0.15, -0.1) is 23.7 Å². The molecule has 124 valence electrons. The Hall–Kier alpha value is -1.36. The van der Waals surface area contributed by atoms with Gasteiger partial charge in [0, 0.05) is 4.88 Å². The minimum absolute atomic E-state index is 0. The van der Waals surface area contributed by atoms with E-state index in [1.807, 2.05) is 11.4 Å². The molecule has 0 bridgehead atoms. The fourth-order valence-electron chi connectivity index (χ4n) is 2.98. The van der Waals surface area contributed by atoms with Crippen molar-refractivity contribution in [1.29, 1.82) is 0 Å². The Bertz CT molecular complexity index is 655. The van der Waals surface area contributed by atoms with Crippen LogP contribution in [0.3, 0.4) is 0 Å². The Morgan fingerprint density at radius 3 is 2.61 bits per heavy atom. The standard InChI is InChI=1S/C18H22N2OS.ClH/c1-12(19)18(21)20-17(16-7-4-10-22-16)15-9-8-13-5-2-3-6-14(13)11-15;/h4,7-12,17H,2-3,5-6,19H2,1H3,(H,20,21);1H. The number of rotatable bonds is 4. The lowest BCUT2D eigenvalue weighted by Crippen LogP contribution is -2.40. The van der Waals surface area contributed by atoms with E-state index in [0.29, 0.717) is 0 Å². The first kappa shape index (κ1) is 18.0. The van der Waals surface area contributed by atoms with Gasteiger partial charge in [-0.2, -0.15) is 0 Å². The van der Waals surface area contributed by atoms with E-state index in [1.165, 1.54) is 30.4 Å². The van der Waals surface area contributed by atoms with Crippen LogP contribution in [0.2, 0.25) is 0 Å². The van der Waals surface area contributed by atoms with Crippen molar-refractivity contribution in [3.63, 3.8) is 0 Å². The third kappa shape index (κ3) is 4.14. The molecule has 1 aromatic carbocycles. The Morgan fingerprint density at radius 1 is 1.22 bits per heavy atom. The van der Waals surface area contributed by atoms with Crippen LogP contribution in [-0.4, -0.2) is 11.9 Å². The average molecular weight is 351 g/mol. The number of hydrogen-bond donors (Lipinski definition) is 2. The minimum atomic E-state index is -0.500. The first-order valence-electron chi connectivity index (χ1n) is 7.86. The molecule has 0 saturated heterocycles. The van der Waals surface area contributed by atoms with Gasteiger partial charge in [-0.1, -0.05) is 24.3 Å². The first-order valence-corrected chi connectivity index (χ1v) is 8.74. The van der Waals surface area contributed by atoms with E-state index < -0.39 is 6.04 Å². The van der Waals surface area contributed by atoms with Gasteiger partial charge in [0.15, 0.2) is 0 Å². The van der Waals surface area contributed by atoms with Crippen LogP contribution in [0.1, 0.15) is 47.4 Å². The quantitative estimate of drug-likeness (QED) is 0.885. The number of nitrogens with two attached hydrogens (primary N) is 1. The molecule has 0 radical (unpaired) electrons. The second kappa shape index (κ2) is 7.95. The number of carbonyl (C=O) groups is 1. The Balaban J connectivity index is 0.00000192. The molecule has 0 spiro atoms. The molecule has 1 aliphatic rings. The van der Waals surface area contributed by atoms with Crippen LogP contribution in [-0.2, 0) is 17.6 Å². The van der Waals surface area contributed by atoms with Crippen LogP contribution in [0, 0.1) is 0 Å². The lowest BCUT2D eigenvalue weighted by atomic mass is 9.89. The Kier molecular flexibility index (Phi) is 6.22. The summed E-state index contributed by atoms with van der Waals surface area (Å²) < 4.78 is 0. The summed E-state index contributed by atoms with van der Waals surface area (Å²) in [4.78, 5) is 13.2. The van der Waals surface area contributed by atoms with Gasteiger partial charge < -0.3 is 11.1 Å². The highest BCUT2D eigenvalue weighted by Gasteiger charge is 2.21. The normalized spacial score (nSPS) is 15.9. The lowest BCUT2D eigenvalue weighted by Gasteiger charge is -2.22. The molecule has 0 saturated carbocycles. The smallest absolute Gasteiger partial charge is 0.237 e. The van der Waals surface area contributed by atoms with E-state index in [4.69, 9.17) is 5.73 Å². The van der Waals surface area contributed by atoms with Crippen molar-refractivity contribution in [3.05, 3.63) is 57.3 Å². The molecule has 0 fully saturated rings. The molecular formula is C18H23ClN2OS. The fourth-order valence-corrected chi connectivity index (χ4v) is 3.78. The van der Waals surface area contributed by atoms with Gasteiger partial charge in [-0.25, -0.2) is 0 Å². The van der Waals surface area contributed by atoms with E-state index in [1.54, 1.807) is 18.3 Å². The number of amides is 1. The predicted octanol–water partition coefficient (Wildman–Crippen LogP) is 3.60. The minimum Gasteiger partial charge on any atom is -0.343 e. The van der Waals surface area contributed by atoms with E-state index >= 15 is 0 Å². The van der Waals surface area contributed by atoms with Gasteiger partial charge >= 0.3 is 0 Å². The van der Waals surface area contributed by atoms with Crippen molar-refractivity contribution in [2.45, 2.75) is 44.7 Å². The van der Waals surface area contributed by atoms with Crippen LogP contribution in [0.25, 0.3) is 0 Å². The number of fused-ring (bicyclic) bond motifs is 1. The molecule has 2 atom stereocenters. The zero-order valence-electron chi connectivity index (χ0n) is 13.2. The van der Waals surface area contributed by atoms with Gasteiger partial charge in [-0.3, -0.25) is 4.79 Å². The number of aryl methyl sites for hydroxylation is 2. The van der Waals surface area contributed by atoms with Gasteiger partial charge in [0.25, 0.3) is 0 Å². The molecule has 5 heteroatoms. The molecule has 1 aliphatic carbocycles. The molecule has 0 aliphatic heterocycles. The molecule has 2 aromatic rings. The maximum absolute atomic E-state index is 12.1. The van der Waals surface area contributed by atoms with Crippen LogP contribution in [0.4, 0.5) is 0 Å². The second-order valence-corrected chi connectivity index (χ2v) is 6.96. The molecule has 3 rings (SSSR count). The zero-order chi connectivity index (χ0) is 15.5. The fraction of sp³-hybridized carbons (Fsp3) is 0.389. The molecule has 1 heterocycles. The topological polar surface area (TPSA) is 55.1 Å².